The van der Waals surface area contributed by atoms with Crippen LogP contribution in [0.25, 0.3) is 0 Å². The molecule has 3 N–H and O–H groups in total. The van der Waals surface area contributed by atoms with Crippen LogP contribution in [-0.2, 0) is 14.3 Å². The van der Waals surface area contributed by atoms with Crippen molar-refractivity contribution in [2.24, 2.45) is 5.92 Å². The van der Waals surface area contributed by atoms with E-state index in [0.717, 1.165) is 19.3 Å². The molecule has 0 radical (unpaired) electrons. The topological polar surface area (TPSA) is 95.9 Å². The molecule has 1 saturated carbocycles. The second kappa shape index (κ2) is 6.75. The Morgan fingerprint density at radius 3 is 2.33 bits per heavy atom. The first kappa shape index (κ1) is 16.2. The predicted octanol–water partition coefficient (Wildman–Crippen LogP) is 1.07. The summed E-state index contributed by atoms with van der Waals surface area (Å²) in [5.74, 6) is -0.665. The van der Waals surface area contributed by atoms with E-state index in [1.165, 1.54) is 0 Å². The molecule has 120 valence electrons. The molecule has 2 unspecified atom stereocenters. The number of aliphatic hydroxyl groups is 1. The van der Waals surface area contributed by atoms with Gasteiger partial charge in [-0.3, -0.25) is 4.79 Å². The third kappa shape index (κ3) is 4.17. The molecule has 0 aromatic heterocycles. The van der Waals surface area contributed by atoms with Crippen LogP contribution in [0.5, 0.6) is 0 Å². The minimum atomic E-state index is -1.03. The minimum absolute atomic E-state index is 0.222. The van der Waals surface area contributed by atoms with E-state index in [2.05, 4.69) is 12.2 Å². The maximum absolute atomic E-state index is 12.0. The Hall–Kier alpha value is -1.14. The molecule has 2 rings (SSSR count). The molecule has 6 nitrogen and oxygen atoms in total. The highest BCUT2D eigenvalue weighted by Crippen LogP contribution is 2.33. The first-order valence-electron chi connectivity index (χ1n) is 7.82. The number of hydrogen-bond acceptors (Lipinski definition) is 4. The molecule has 0 aromatic carbocycles. The van der Waals surface area contributed by atoms with E-state index >= 15 is 0 Å². The van der Waals surface area contributed by atoms with Gasteiger partial charge in [0.1, 0.15) is 6.10 Å². The maximum Gasteiger partial charge on any atom is 0.332 e. The lowest BCUT2D eigenvalue weighted by atomic mass is 9.78. The molecule has 1 amide bonds. The molecule has 0 aromatic rings. The molecule has 6 heteroatoms. The van der Waals surface area contributed by atoms with Crippen molar-refractivity contribution in [1.29, 1.82) is 0 Å². The van der Waals surface area contributed by atoms with Crippen molar-refractivity contribution >= 4 is 11.9 Å². The molecule has 21 heavy (non-hydrogen) atoms. The molecular formula is C15H25NO5. The molecule has 2 fully saturated rings. The van der Waals surface area contributed by atoms with Crippen LogP contribution in [0.15, 0.2) is 0 Å². The van der Waals surface area contributed by atoms with Crippen LogP contribution in [-0.4, -0.2) is 46.4 Å². The van der Waals surface area contributed by atoms with Crippen molar-refractivity contribution in [3.63, 3.8) is 0 Å². The average molecular weight is 299 g/mol. The fourth-order valence-electron chi connectivity index (χ4n) is 3.18. The number of carboxylic acids is 1. The van der Waals surface area contributed by atoms with Crippen LogP contribution in [0, 0.1) is 5.92 Å². The van der Waals surface area contributed by atoms with Crippen molar-refractivity contribution in [2.75, 3.05) is 6.54 Å². The minimum Gasteiger partial charge on any atom is -0.479 e. The van der Waals surface area contributed by atoms with E-state index in [-0.39, 0.29) is 12.5 Å². The summed E-state index contributed by atoms with van der Waals surface area (Å²) in [5.41, 5.74) is -0.827. The quantitative estimate of drug-likeness (QED) is 0.705. The fourth-order valence-corrected chi connectivity index (χ4v) is 3.18. The van der Waals surface area contributed by atoms with Crippen molar-refractivity contribution in [3.8, 4) is 0 Å². The first-order valence-corrected chi connectivity index (χ1v) is 7.82. The Morgan fingerprint density at radius 2 is 1.81 bits per heavy atom. The molecule has 0 spiro atoms. The second-order valence-corrected chi connectivity index (χ2v) is 6.32. The highest BCUT2D eigenvalue weighted by atomic mass is 16.5. The number of ether oxygens (including phenoxy) is 1. The lowest BCUT2D eigenvalue weighted by molar-refractivity contribution is -0.152. The number of nitrogens with one attached hydrogen (secondary N) is 1. The number of hydrogen-bond donors (Lipinski definition) is 3. The summed E-state index contributed by atoms with van der Waals surface area (Å²) in [4.78, 5) is 22.8. The largest absolute Gasteiger partial charge is 0.479 e. The number of amides is 1. The van der Waals surface area contributed by atoms with E-state index in [4.69, 9.17) is 9.84 Å². The molecule has 1 saturated heterocycles. The van der Waals surface area contributed by atoms with Gasteiger partial charge in [0.15, 0.2) is 6.10 Å². The van der Waals surface area contributed by atoms with Crippen LogP contribution in [0.2, 0.25) is 0 Å². The first-order chi connectivity index (χ1) is 9.93. The van der Waals surface area contributed by atoms with Gasteiger partial charge >= 0.3 is 5.97 Å². The molecule has 2 atom stereocenters. The summed E-state index contributed by atoms with van der Waals surface area (Å²) in [6, 6.07) is 0. The van der Waals surface area contributed by atoms with E-state index in [9.17, 15) is 14.7 Å². The van der Waals surface area contributed by atoms with Crippen molar-refractivity contribution in [3.05, 3.63) is 0 Å². The molecule has 2 aliphatic rings. The Bertz CT molecular complexity index is 390. The second-order valence-electron chi connectivity index (χ2n) is 6.32. The van der Waals surface area contributed by atoms with E-state index in [1.54, 1.807) is 0 Å². The van der Waals surface area contributed by atoms with Crippen molar-refractivity contribution in [1.82, 2.24) is 5.32 Å². The number of rotatable bonds is 5. The van der Waals surface area contributed by atoms with Gasteiger partial charge in [0.25, 0.3) is 0 Å². The maximum atomic E-state index is 12.0. The fraction of sp³-hybridized carbons (Fsp3) is 0.867. The molecular weight excluding hydrogens is 274 g/mol. The molecule has 1 heterocycles. The van der Waals surface area contributed by atoms with E-state index < -0.39 is 23.8 Å². The SMILES string of the molecule is CCC1CCC(O)(CNC(=O)C2CCC(C(=O)O)O2)CC1. The lowest BCUT2D eigenvalue weighted by Crippen LogP contribution is -2.47. The monoisotopic (exact) mass is 299 g/mol. The molecule has 0 bridgehead atoms. The summed E-state index contributed by atoms with van der Waals surface area (Å²) in [5, 5.41) is 22.0. The van der Waals surface area contributed by atoms with Gasteiger partial charge in [0, 0.05) is 6.54 Å². The van der Waals surface area contributed by atoms with E-state index in [1.807, 2.05) is 0 Å². The van der Waals surface area contributed by atoms with Gasteiger partial charge in [-0.1, -0.05) is 13.3 Å². The lowest BCUT2D eigenvalue weighted by Gasteiger charge is -2.36. The van der Waals surface area contributed by atoms with Gasteiger partial charge in [-0.15, -0.1) is 0 Å². The summed E-state index contributed by atoms with van der Waals surface area (Å²) in [7, 11) is 0. The summed E-state index contributed by atoms with van der Waals surface area (Å²) < 4.78 is 5.20. The van der Waals surface area contributed by atoms with Crippen LogP contribution >= 0.6 is 0 Å². The number of aliphatic carboxylic acids is 1. The van der Waals surface area contributed by atoms with Crippen LogP contribution in [0.1, 0.15) is 51.9 Å². The standard InChI is InChI=1S/C15H25NO5/c1-2-10-5-7-15(20,8-6-10)9-16-13(17)11-3-4-12(21-11)14(18)19/h10-12,20H,2-9H2,1H3,(H,16,17)(H,18,19). The summed E-state index contributed by atoms with van der Waals surface area (Å²) in [6.45, 7) is 2.38. The van der Waals surface area contributed by atoms with Gasteiger partial charge in [-0.25, -0.2) is 4.79 Å². The zero-order chi connectivity index (χ0) is 15.5. The predicted molar refractivity (Wildman–Crippen MR) is 75.7 cm³/mol. The number of carbonyl (C=O) groups is 2. The number of carbonyl (C=O) groups excluding carboxylic acids is 1. The Balaban J connectivity index is 1.75. The Morgan fingerprint density at radius 1 is 1.19 bits per heavy atom. The third-order valence-corrected chi connectivity index (χ3v) is 4.79. The van der Waals surface area contributed by atoms with Crippen molar-refractivity contribution < 1.29 is 24.5 Å². The summed E-state index contributed by atoms with van der Waals surface area (Å²) >= 11 is 0. The normalized spacial score (nSPS) is 36.4. The average Bonchev–Trinajstić information content (AvgIpc) is 2.96. The van der Waals surface area contributed by atoms with Gasteiger partial charge in [-0.05, 0) is 44.4 Å². The zero-order valence-electron chi connectivity index (χ0n) is 12.5. The van der Waals surface area contributed by atoms with Gasteiger partial charge in [-0.2, -0.15) is 0 Å². The Kier molecular flexibility index (Phi) is 5.22. The highest BCUT2D eigenvalue weighted by molar-refractivity contribution is 5.82. The van der Waals surface area contributed by atoms with Crippen molar-refractivity contribution in [2.45, 2.75) is 69.7 Å². The number of carboxylic acid groups (broad SMARTS) is 1. The van der Waals surface area contributed by atoms with Gasteiger partial charge in [0.05, 0.1) is 5.60 Å². The van der Waals surface area contributed by atoms with Crippen LogP contribution < -0.4 is 5.32 Å². The summed E-state index contributed by atoms with van der Waals surface area (Å²) in [6.07, 6.45) is 3.70. The van der Waals surface area contributed by atoms with Crippen LogP contribution in [0.4, 0.5) is 0 Å². The molecule has 1 aliphatic carbocycles. The van der Waals surface area contributed by atoms with Gasteiger partial charge in [0.2, 0.25) is 5.91 Å². The zero-order valence-corrected chi connectivity index (χ0v) is 12.5. The molecule has 1 aliphatic heterocycles. The highest BCUT2D eigenvalue weighted by Gasteiger charge is 2.37. The van der Waals surface area contributed by atoms with Gasteiger partial charge < -0.3 is 20.3 Å². The van der Waals surface area contributed by atoms with Crippen LogP contribution in [0.3, 0.4) is 0 Å². The smallest absolute Gasteiger partial charge is 0.332 e. The Labute approximate surface area is 124 Å². The van der Waals surface area contributed by atoms with E-state index in [0.29, 0.717) is 31.6 Å². The third-order valence-electron chi connectivity index (χ3n) is 4.79.